The van der Waals surface area contributed by atoms with Crippen molar-refractivity contribution in [2.45, 2.75) is 4.90 Å². The molecule has 0 radical (unpaired) electrons. The Hall–Kier alpha value is -2.43. The Balaban J connectivity index is 1.54. The fraction of sp³-hybridized carbons (Fsp3) is 0.238. The Morgan fingerprint density at radius 2 is 1.84 bits per heavy atom. The molecule has 0 saturated carbocycles. The van der Waals surface area contributed by atoms with Crippen LogP contribution in [-0.2, 0) is 29.1 Å². The van der Waals surface area contributed by atoms with Gasteiger partial charge in [0.15, 0.2) is 6.61 Å². The van der Waals surface area contributed by atoms with Gasteiger partial charge in [-0.3, -0.25) is 4.79 Å². The first kappa shape index (κ1) is 24.2. The first-order valence-corrected chi connectivity index (χ1v) is 11.7. The molecule has 0 unspecified atom stereocenters. The smallest absolute Gasteiger partial charge is 0.331 e. The standard InChI is InChI=1S/C21H20Cl2N2O6S/c22-18-6-4-15(12-19(18)23)5-7-21(27)31-14-20(26)24-16-2-1-3-17(13-16)32(28,29)25-8-10-30-11-9-25/h1-7,12-13H,8-11,14H2,(H,24,26)/b7-5+. The second kappa shape index (κ2) is 10.9. The van der Waals surface area contributed by atoms with Crippen LogP contribution in [0.3, 0.4) is 0 Å². The fourth-order valence-corrected chi connectivity index (χ4v) is 4.59. The highest BCUT2D eigenvalue weighted by Crippen LogP contribution is 2.23. The van der Waals surface area contributed by atoms with Gasteiger partial charge in [-0.1, -0.05) is 35.3 Å². The predicted molar refractivity (Wildman–Crippen MR) is 121 cm³/mol. The highest BCUT2D eigenvalue weighted by molar-refractivity contribution is 7.89. The van der Waals surface area contributed by atoms with E-state index in [0.29, 0.717) is 28.8 Å². The maximum Gasteiger partial charge on any atom is 0.331 e. The average Bonchev–Trinajstić information content (AvgIpc) is 2.79. The van der Waals surface area contributed by atoms with E-state index in [2.05, 4.69) is 5.32 Å². The molecule has 0 aliphatic carbocycles. The summed E-state index contributed by atoms with van der Waals surface area (Å²) in [5.74, 6) is -1.34. The molecule has 11 heteroatoms. The van der Waals surface area contributed by atoms with Crippen LogP contribution in [0.5, 0.6) is 0 Å². The quantitative estimate of drug-likeness (QED) is 0.464. The summed E-state index contributed by atoms with van der Waals surface area (Å²) in [6.45, 7) is 0.668. The second-order valence-electron chi connectivity index (χ2n) is 6.71. The van der Waals surface area contributed by atoms with Crippen LogP contribution in [0.4, 0.5) is 5.69 Å². The Bertz CT molecular complexity index is 1130. The van der Waals surface area contributed by atoms with Gasteiger partial charge in [0.2, 0.25) is 10.0 Å². The van der Waals surface area contributed by atoms with Crippen LogP contribution in [0.1, 0.15) is 5.56 Å². The van der Waals surface area contributed by atoms with Crippen molar-refractivity contribution in [2.24, 2.45) is 0 Å². The van der Waals surface area contributed by atoms with Gasteiger partial charge in [-0.2, -0.15) is 4.31 Å². The molecule has 1 N–H and O–H groups in total. The first-order chi connectivity index (χ1) is 15.3. The van der Waals surface area contributed by atoms with Gasteiger partial charge < -0.3 is 14.8 Å². The number of amides is 1. The Kier molecular flexibility index (Phi) is 8.27. The normalized spacial score (nSPS) is 14.9. The van der Waals surface area contributed by atoms with E-state index >= 15 is 0 Å². The van der Waals surface area contributed by atoms with Crippen LogP contribution in [0, 0.1) is 0 Å². The maximum atomic E-state index is 12.7. The van der Waals surface area contributed by atoms with Gasteiger partial charge >= 0.3 is 5.97 Å². The van der Waals surface area contributed by atoms with Crippen LogP contribution < -0.4 is 5.32 Å². The van der Waals surface area contributed by atoms with Gasteiger partial charge in [-0.05, 0) is 42.0 Å². The lowest BCUT2D eigenvalue weighted by molar-refractivity contribution is -0.142. The van der Waals surface area contributed by atoms with E-state index in [1.54, 1.807) is 24.3 Å². The molecule has 3 rings (SSSR count). The van der Waals surface area contributed by atoms with Gasteiger partial charge in [0, 0.05) is 24.9 Å². The van der Waals surface area contributed by atoms with Crippen molar-refractivity contribution < 1.29 is 27.5 Å². The summed E-state index contributed by atoms with van der Waals surface area (Å²) in [4.78, 5) is 24.0. The highest BCUT2D eigenvalue weighted by atomic mass is 35.5. The highest BCUT2D eigenvalue weighted by Gasteiger charge is 2.26. The van der Waals surface area contributed by atoms with Crippen LogP contribution in [0.15, 0.2) is 53.4 Å². The molecule has 1 aliphatic heterocycles. The Labute approximate surface area is 195 Å². The van der Waals surface area contributed by atoms with E-state index in [1.165, 1.54) is 28.6 Å². The number of nitrogens with one attached hydrogen (secondary N) is 1. The van der Waals surface area contributed by atoms with E-state index in [9.17, 15) is 18.0 Å². The van der Waals surface area contributed by atoms with Crippen molar-refractivity contribution in [3.8, 4) is 0 Å². The number of ether oxygens (including phenoxy) is 2. The number of anilines is 1. The Morgan fingerprint density at radius 1 is 1.09 bits per heavy atom. The molecule has 1 saturated heterocycles. The number of nitrogens with zero attached hydrogens (tertiary/aromatic N) is 1. The monoisotopic (exact) mass is 498 g/mol. The SMILES string of the molecule is O=C(COC(=O)/C=C/c1ccc(Cl)c(Cl)c1)Nc1cccc(S(=O)(=O)N2CCOCC2)c1. The fourth-order valence-electron chi connectivity index (χ4n) is 2.83. The largest absolute Gasteiger partial charge is 0.452 e. The average molecular weight is 499 g/mol. The van der Waals surface area contributed by atoms with Gasteiger partial charge in [-0.15, -0.1) is 0 Å². The lowest BCUT2D eigenvalue weighted by Crippen LogP contribution is -2.40. The molecule has 1 fully saturated rings. The number of hydrogen-bond acceptors (Lipinski definition) is 6. The van der Waals surface area contributed by atoms with Crippen molar-refractivity contribution in [3.05, 3.63) is 64.1 Å². The molecule has 0 bridgehead atoms. The summed E-state index contributed by atoms with van der Waals surface area (Å²) in [6.07, 6.45) is 2.63. The zero-order chi connectivity index (χ0) is 23.1. The molecule has 1 aliphatic rings. The van der Waals surface area contributed by atoms with Crippen molar-refractivity contribution >= 4 is 56.9 Å². The molecule has 0 spiro atoms. The number of esters is 1. The topological polar surface area (TPSA) is 102 Å². The summed E-state index contributed by atoms with van der Waals surface area (Å²) in [5.41, 5.74) is 0.908. The summed E-state index contributed by atoms with van der Waals surface area (Å²) in [6, 6.07) is 10.7. The zero-order valence-corrected chi connectivity index (χ0v) is 19.1. The molecule has 1 amide bonds. The lowest BCUT2D eigenvalue weighted by atomic mass is 10.2. The third-order valence-electron chi connectivity index (χ3n) is 4.43. The van der Waals surface area contributed by atoms with Gasteiger partial charge in [-0.25, -0.2) is 13.2 Å². The van der Waals surface area contributed by atoms with Crippen LogP contribution in [0.2, 0.25) is 10.0 Å². The minimum absolute atomic E-state index is 0.0544. The van der Waals surface area contributed by atoms with E-state index in [0.717, 1.165) is 6.08 Å². The van der Waals surface area contributed by atoms with Gasteiger partial charge in [0.05, 0.1) is 28.2 Å². The third kappa shape index (κ3) is 6.54. The summed E-state index contributed by atoms with van der Waals surface area (Å²) in [5, 5.41) is 3.26. The number of halogens is 2. The second-order valence-corrected chi connectivity index (χ2v) is 9.46. The molecule has 8 nitrogen and oxygen atoms in total. The van der Waals surface area contributed by atoms with Crippen LogP contribution >= 0.6 is 23.2 Å². The van der Waals surface area contributed by atoms with Gasteiger partial charge in [0.25, 0.3) is 5.91 Å². The molecule has 2 aromatic rings. The third-order valence-corrected chi connectivity index (χ3v) is 7.06. The van der Waals surface area contributed by atoms with E-state index in [1.807, 2.05) is 0 Å². The van der Waals surface area contributed by atoms with Crippen LogP contribution in [-0.4, -0.2) is 57.5 Å². The first-order valence-electron chi connectivity index (χ1n) is 9.53. The number of carbonyl (C=O) groups excluding carboxylic acids is 2. The summed E-state index contributed by atoms with van der Waals surface area (Å²) < 4.78 is 36.9. The minimum atomic E-state index is -3.70. The number of rotatable bonds is 7. The number of morpholine rings is 1. The molecule has 170 valence electrons. The van der Waals surface area contributed by atoms with E-state index < -0.39 is 28.5 Å². The molecule has 2 aromatic carbocycles. The molecule has 1 heterocycles. The molecule has 0 aromatic heterocycles. The molecular weight excluding hydrogens is 479 g/mol. The number of hydrogen-bond donors (Lipinski definition) is 1. The van der Waals surface area contributed by atoms with Gasteiger partial charge in [0.1, 0.15) is 0 Å². The molecule has 32 heavy (non-hydrogen) atoms. The van der Waals surface area contributed by atoms with Crippen molar-refractivity contribution in [3.63, 3.8) is 0 Å². The number of carbonyl (C=O) groups is 2. The van der Waals surface area contributed by atoms with E-state index in [4.69, 9.17) is 32.7 Å². The van der Waals surface area contributed by atoms with Crippen molar-refractivity contribution in [1.29, 1.82) is 0 Å². The van der Waals surface area contributed by atoms with Crippen molar-refractivity contribution in [2.75, 3.05) is 38.2 Å². The zero-order valence-electron chi connectivity index (χ0n) is 16.8. The molecular formula is C21H20Cl2N2O6S. The predicted octanol–water partition coefficient (Wildman–Crippen LogP) is 3.21. The number of sulfonamides is 1. The van der Waals surface area contributed by atoms with Crippen LogP contribution in [0.25, 0.3) is 6.08 Å². The molecule has 0 atom stereocenters. The minimum Gasteiger partial charge on any atom is -0.452 e. The summed E-state index contributed by atoms with van der Waals surface area (Å²) in [7, 11) is -3.70. The van der Waals surface area contributed by atoms with E-state index in [-0.39, 0.29) is 23.7 Å². The van der Waals surface area contributed by atoms with Crippen molar-refractivity contribution in [1.82, 2.24) is 4.31 Å². The summed E-state index contributed by atoms with van der Waals surface area (Å²) >= 11 is 11.7. The maximum absolute atomic E-state index is 12.7. The lowest BCUT2D eigenvalue weighted by Gasteiger charge is -2.26. The number of benzene rings is 2. The Morgan fingerprint density at radius 3 is 2.56 bits per heavy atom.